The van der Waals surface area contributed by atoms with Gasteiger partial charge in [-0.3, -0.25) is 9.46 Å². The first-order valence-electron chi connectivity index (χ1n) is 12.0. The van der Waals surface area contributed by atoms with Crippen molar-refractivity contribution in [2.75, 3.05) is 46.1 Å². The van der Waals surface area contributed by atoms with E-state index < -0.39 is 7.60 Å². The summed E-state index contributed by atoms with van der Waals surface area (Å²) in [6.07, 6.45) is 7.66. The zero-order valence-electron chi connectivity index (χ0n) is 20.8. The summed E-state index contributed by atoms with van der Waals surface area (Å²) in [7, 11) is -1.39. The van der Waals surface area contributed by atoms with Gasteiger partial charge in [0.1, 0.15) is 11.4 Å². The summed E-state index contributed by atoms with van der Waals surface area (Å²) in [5.74, 6) is 0.663. The van der Waals surface area contributed by atoms with Gasteiger partial charge in [0.15, 0.2) is 0 Å². The van der Waals surface area contributed by atoms with E-state index in [2.05, 4.69) is 29.3 Å². The lowest BCUT2D eigenvalue weighted by atomic mass is 10.0. The van der Waals surface area contributed by atoms with Crippen LogP contribution >= 0.6 is 19.2 Å². The number of pyridine rings is 1. The van der Waals surface area contributed by atoms with Crippen molar-refractivity contribution in [2.45, 2.75) is 27.2 Å². The van der Waals surface area contributed by atoms with Gasteiger partial charge in [-0.25, -0.2) is 4.98 Å². The fourth-order valence-electron chi connectivity index (χ4n) is 4.40. The Morgan fingerprint density at radius 2 is 1.94 bits per heavy atom. The summed E-state index contributed by atoms with van der Waals surface area (Å²) in [6.45, 7) is 8.90. The number of imidazole rings is 1. The van der Waals surface area contributed by atoms with Gasteiger partial charge in [0.25, 0.3) is 0 Å². The monoisotopic (exact) mass is 517 g/mol. The molecular formula is C26H33ClN3O4P. The third-order valence-electron chi connectivity index (χ3n) is 6.24. The number of nitrogens with zero attached hydrogens (tertiary/aromatic N) is 3. The predicted octanol–water partition coefficient (Wildman–Crippen LogP) is 6.33. The van der Waals surface area contributed by atoms with Crippen LogP contribution in [0.25, 0.3) is 22.5 Å². The van der Waals surface area contributed by atoms with Gasteiger partial charge >= 0.3 is 7.60 Å². The van der Waals surface area contributed by atoms with Crippen LogP contribution in [0.3, 0.4) is 0 Å². The SMILES string of the molecule is CCOP(=O)(CCN1CC=C(c2ccn3cc(-c4cc(Cl)c(OC)cc4C)nc3c2)CC1)OCC. The zero-order chi connectivity index (χ0) is 25.0. The van der Waals surface area contributed by atoms with Crippen molar-refractivity contribution >= 4 is 30.4 Å². The Morgan fingerprint density at radius 1 is 1.17 bits per heavy atom. The predicted molar refractivity (Wildman–Crippen MR) is 142 cm³/mol. The molecule has 0 spiro atoms. The first-order valence-corrected chi connectivity index (χ1v) is 14.1. The molecule has 0 saturated carbocycles. The molecule has 0 atom stereocenters. The molecule has 0 bridgehead atoms. The van der Waals surface area contributed by atoms with Crippen LogP contribution < -0.4 is 4.74 Å². The fourth-order valence-corrected chi connectivity index (χ4v) is 6.29. The number of aryl methyl sites for hydroxylation is 1. The van der Waals surface area contributed by atoms with E-state index in [-0.39, 0.29) is 0 Å². The van der Waals surface area contributed by atoms with Crippen molar-refractivity contribution < 1.29 is 18.3 Å². The molecule has 3 heterocycles. The van der Waals surface area contributed by atoms with E-state index >= 15 is 0 Å². The third kappa shape index (κ3) is 5.99. The second-order valence-corrected chi connectivity index (χ2v) is 11.2. The van der Waals surface area contributed by atoms with Gasteiger partial charge in [-0.15, -0.1) is 0 Å². The van der Waals surface area contributed by atoms with Crippen molar-refractivity contribution in [3.8, 4) is 17.0 Å². The number of aromatic nitrogens is 2. The maximum Gasteiger partial charge on any atom is 0.331 e. The first-order chi connectivity index (χ1) is 16.9. The molecule has 2 aromatic heterocycles. The Morgan fingerprint density at radius 3 is 2.60 bits per heavy atom. The Labute approximate surface area is 212 Å². The quantitative estimate of drug-likeness (QED) is 0.293. The lowest BCUT2D eigenvalue weighted by Crippen LogP contribution is -2.31. The van der Waals surface area contributed by atoms with Crippen LogP contribution in [0.5, 0.6) is 5.75 Å². The van der Waals surface area contributed by atoms with E-state index in [1.807, 2.05) is 43.5 Å². The van der Waals surface area contributed by atoms with Crippen molar-refractivity contribution in [3.05, 3.63) is 58.9 Å². The highest BCUT2D eigenvalue weighted by Crippen LogP contribution is 2.47. The third-order valence-corrected chi connectivity index (χ3v) is 8.59. The van der Waals surface area contributed by atoms with Gasteiger partial charge in [-0.2, -0.15) is 0 Å². The smallest absolute Gasteiger partial charge is 0.331 e. The Kier molecular flexibility index (Phi) is 8.35. The minimum Gasteiger partial charge on any atom is -0.495 e. The second-order valence-electron chi connectivity index (χ2n) is 8.56. The molecule has 188 valence electrons. The van der Waals surface area contributed by atoms with Crippen LogP contribution in [-0.2, 0) is 13.6 Å². The summed E-state index contributed by atoms with van der Waals surface area (Å²) < 4.78 is 30.9. The van der Waals surface area contributed by atoms with Gasteiger partial charge in [-0.05, 0) is 68.2 Å². The van der Waals surface area contributed by atoms with E-state index in [0.717, 1.165) is 42.0 Å². The molecular weight excluding hydrogens is 485 g/mol. The molecule has 1 aliphatic heterocycles. The van der Waals surface area contributed by atoms with Gasteiger partial charge < -0.3 is 18.2 Å². The number of rotatable bonds is 10. The van der Waals surface area contributed by atoms with Crippen molar-refractivity contribution in [1.82, 2.24) is 14.3 Å². The van der Waals surface area contributed by atoms with Gasteiger partial charge in [0.2, 0.25) is 0 Å². The molecule has 0 fully saturated rings. The lowest BCUT2D eigenvalue weighted by molar-refractivity contribution is 0.214. The van der Waals surface area contributed by atoms with Crippen LogP contribution in [0.1, 0.15) is 31.4 Å². The van der Waals surface area contributed by atoms with E-state index in [4.69, 9.17) is 30.4 Å². The summed E-state index contributed by atoms with van der Waals surface area (Å²) in [5, 5.41) is 0.571. The molecule has 4 rings (SSSR count). The number of halogens is 1. The highest BCUT2D eigenvalue weighted by Gasteiger charge is 2.25. The zero-order valence-corrected chi connectivity index (χ0v) is 22.4. The molecule has 3 aromatic rings. The Hall–Kier alpha value is -2.15. The summed E-state index contributed by atoms with van der Waals surface area (Å²) in [4.78, 5) is 7.16. The largest absolute Gasteiger partial charge is 0.495 e. The summed E-state index contributed by atoms with van der Waals surface area (Å²) in [5.41, 5.74) is 6.29. The maximum atomic E-state index is 12.7. The molecule has 9 heteroatoms. The van der Waals surface area contributed by atoms with Gasteiger partial charge in [0, 0.05) is 37.6 Å². The number of benzene rings is 1. The van der Waals surface area contributed by atoms with Crippen LogP contribution in [0.4, 0.5) is 0 Å². The van der Waals surface area contributed by atoms with Crippen LogP contribution in [0.2, 0.25) is 5.02 Å². The second kappa shape index (κ2) is 11.3. The number of fused-ring (bicyclic) bond motifs is 1. The minimum absolute atomic E-state index is 0.393. The average Bonchev–Trinajstić information content (AvgIpc) is 3.28. The molecule has 0 N–H and O–H groups in total. The average molecular weight is 518 g/mol. The standard InChI is InChI=1S/C26H33ClN3O4P/c1-5-33-35(31,34-6-2)14-13-29-10-7-20(8-11-29)21-9-12-30-18-24(28-26(30)16-21)22-17-23(27)25(32-4)15-19(22)3/h7,9,12,15-18H,5-6,8,10-11,13-14H2,1-4H3. The minimum atomic E-state index is -3.01. The lowest BCUT2D eigenvalue weighted by Gasteiger charge is -2.28. The molecule has 0 radical (unpaired) electrons. The van der Waals surface area contributed by atoms with Gasteiger partial charge in [0.05, 0.1) is 37.2 Å². The molecule has 7 nitrogen and oxygen atoms in total. The highest BCUT2D eigenvalue weighted by atomic mass is 35.5. The van der Waals surface area contributed by atoms with Crippen LogP contribution in [-0.4, -0.2) is 60.4 Å². The molecule has 0 unspecified atom stereocenters. The van der Waals surface area contributed by atoms with E-state index in [0.29, 0.717) is 36.7 Å². The number of methoxy groups -OCH3 is 1. The van der Waals surface area contributed by atoms with Crippen molar-refractivity contribution in [2.24, 2.45) is 0 Å². The topological polar surface area (TPSA) is 65.3 Å². The molecule has 0 aliphatic carbocycles. The molecule has 0 amide bonds. The van der Waals surface area contributed by atoms with E-state index in [9.17, 15) is 4.57 Å². The van der Waals surface area contributed by atoms with E-state index in [1.54, 1.807) is 7.11 Å². The summed E-state index contributed by atoms with van der Waals surface area (Å²) in [6, 6.07) is 8.11. The highest BCUT2D eigenvalue weighted by molar-refractivity contribution is 7.53. The molecule has 35 heavy (non-hydrogen) atoms. The molecule has 0 saturated heterocycles. The first kappa shape index (κ1) is 25.9. The number of ether oxygens (including phenoxy) is 1. The fraction of sp³-hybridized carbons (Fsp3) is 0.423. The number of hydrogen-bond acceptors (Lipinski definition) is 6. The van der Waals surface area contributed by atoms with Crippen LogP contribution in [0.15, 0.2) is 42.7 Å². The molecule has 1 aromatic carbocycles. The normalized spacial score (nSPS) is 14.9. The van der Waals surface area contributed by atoms with Crippen LogP contribution in [0, 0.1) is 6.92 Å². The maximum absolute atomic E-state index is 12.7. The Balaban J connectivity index is 1.47. The van der Waals surface area contributed by atoms with E-state index in [1.165, 1.54) is 11.1 Å². The van der Waals surface area contributed by atoms with Crippen molar-refractivity contribution in [1.29, 1.82) is 0 Å². The molecule has 1 aliphatic rings. The Bertz CT molecular complexity index is 1260. The van der Waals surface area contributed by atoms with Gasteiger partial charge in [-0.1, -0.05) is 17.7 Å². The van der Waals surface area contributed by atoms with Crippen molar-refractivity contribution in [3.63, 3.8) is 0 Å². The number of hydrogen-bond donors (Lipinski definition) is 0. The summed E-state index contributed by atoms with van der Waals surface area (Å²) >= 11 is 6.37.